The molecule has 0 spiro atoms. The Hall–Kier alpha value is -2.40. The Kier molecular flexibility index (Phi) is 3.35. The van der Waals surface area contributed by atoms with Gasteiger partial charge in [-0.3, -0.25) is 0 Å². The minimum atomic E-state index is -0.272. The number of aromatic nitrogens is 4. The molecule has 0 aliphatic carbocycles. The van der Waals surface area contributed by atoms with Crippen molar-refractivity contribution >= 4 is 11.6 Å². The van der Waals surface area contributed by atoms with E-state index < -0.39 is 0 Å². The second-order valence-electron chi connectivity index (χ2n) is 4.29. The summed E-state index contributed by atoms with van der Waals surface area (Å²) in [5.41, 5.74) is 1.36. The highest BCUT2D eigenvalue weighted by molar-refractivity contribution is 6.30. The van der Waals surface area contributed by atoms with Gasteiger partial charge in [-0.2, -0.15) is 9.36 Å². The molecule has 5 nitrogen and oxygen atoms in total. The molecule has 3 rings (SSSR count). The van der Waals surface area contributed by atoms with Crippen molar-refractivity contribution < 1.29 is 0 Å². The van der Waals surface area contributed by atoms with Gasteiger partial charge >= 0.3 is 5.69 Å². The SMILES string of the molecule is O=c1n(Cc2ccc(Cl)cc2)nnn1-c1ccccc1. The number of para-hydroxylation sites is 1. The fourth-order valence-electron chi connectivity index (χ4n) is 1.87. The third kappa shape index (κ3) is 2.48. The van der Waals surface area contributed by atoms with E-state index in [1.165, 1.54) is 9.36 Å². The molecule has 0 saturated heterocycles. The Morgan fingerprint density at radius 3 is 2.35 bits per heavy atom. The molecule has 100 valence electrons. The second-order valence-corrected chi connectivity index (χ2v) is 4.73. The van der Waals surface area contributed by atoms with E-state index in [2.05, 4.69) is 10.4 Å². The van der Waals surface area contributed by atoms with Crippen molar-refractivity contribution in [2.45, 2.75) is 6.54 Å². The van der Waals surface area contributed by atoms with Gasteiger partial charge in [0.05, 0.1) is 12.2 Å². The molecule has 0 aliphatic heterocycles. The third-order valence-electron chi connectivity index (χ3n) is 2.89. The number of tetrazole rings is 1. The molecule has 0 radical (unpaired) electrons. The smallest absolute Gasteiger partial charge is 0.244 e. The van der Waals surface area contributed by atoms with Crippen LogP contribution in [0.4, 0.5) is 0 Å². The van der Waals surface area contributed by atoms with Crippen molar-refractivity contribution in [3.8, 4) is 5.69 Å². The minimum Gasteiger partial charge on any atom is -0.244 e. The summed E-state index contributed by atoms with van der Waals surface area (Å²) in [7, 11) is 0. The molecule has 0 aliphatic rings. The molecule has 0 N–H and O–H groups in total. The van der Waals surface area contributed by atoms with Gasteiger partial charge in [0, 0.05) is 5.02 Å². The predicted octanol–water partition coefficient (Wildman–Crippen LogP) is 2.13. The summed E-state index contributed by atoms with van der Waals surface area (Å²) in [4.78, 5) is 12.2. The van der Waals surface area contributed by atoms with E-state index in [1.54, 1.807) is 12.1 Å². The van der Waals surface area contributed by atoms with Gasteiger partial charge in [-0.1, -0.05) is 41.9 Å². The summed E-state index contributed by atoms with van der Waals surface area (Å²) in [6, 6.07) is 16.5. The molecule has 0 saturated carbocycles. The molecule has 1 heterocycles. The van der Waals surface area contributed by atoms with Gasteiger partial charge in [-0.05, 0) is 40.3 Å². The van der Waals surface area contributed by atoms with Crippen LogP contribution in [-0.2, 0) is 6.54 Å². The van der Waals surface area contributed by atoms with Crippen molar-refractivity contribution in [1.29, 1.82) is 0 Å². The molecule has 1 aromatic heterocycles. The first kappa shape index (κ1) is 12.6. The first-order chi connectivity index (χ1) is 9.74. The van der Waals surface area contributed by atoms with Crippen LogP contribution in [0.15, 0.2) is 59.4 Å². The highest BCUT2D eigenvalue weighted by Gasteiger charge is 2.08. The first-order valence-electron chi connectivity index (χ1n) is 6.07. The minimum absolute atomic E-state index is 0.272. The van der Waals surface area contributed by atoms with Gasteiger partial charge in [0.2, 0.25) is 0 Å². The van der Waals surface area contributed by atoms with Crippen LogP contribution in [0.1, 0.15) is 5.56 Å². The monoisotopic (exact) mass is 286 g/mol. The fraction of sp³-hybridized carbons (Fsp3) is 0.0714. The molecule has 6 heteroatoms. The lowest BCUT2D eigenvalue weighted by molar-refractivity contribution is 0.632. The molecule has 0 bridgehead atoms. The van der Waals surface area contributed by atoms with Crippen LogP contribution in [0.25, 0.3) is 5.69 Å². The molecule has 2 aromatic carbocycles. The highest BCUT2D eigenvalue weighted by atomic mass is 35.5. The van der Waals surface area contributed by atoms with Crippen molar-refractivity contribution in [3.05, 3.63) is 75.7 Å². The van der Waals surface area contributed by atoms with E-state index in [0.717, 1.165) is 5.56 Å². The van der Waals surface area contributed by atoms with Crippen LogP contribution < -0.4 is 5.69 Å². The van der Waals surface area contributed by atoms with Crippen LogP contribution >= 0.6 is 11.6 Å². The van der Waals surface area contributed by atoms with Crippen molar-refractivity contribution in [1.82, 2.24) is 19.8 Å². The average molecular weight is 287 g/mol. The highest BCUT2D eigenvalue weighted by Crippen LogP contribution is 2.09. The molecule has 0 fully saturated rings. The number of nitrogens with zero attached hydrogens (tertiary/aromatic N) is 4. The molecule has 0 amide bonds. The van der Waals surface area contributed by atoms with Crippen molar-refractivity contribution in [3.63, 3.8) is 0 Å². The number of halogens is 1. The number of rotatable bonds is 3. The Morgan fingerprint density at radius 2 is 1.65 bits per heavy atom. The van der Waals surface area contributed by atoms with E-state index in [1.807, 2.05) is 42.5 Å². The van der Waals surface area contributed by atoms with Crippen molar-refractivity contribution in [2.75, 3.05) is 0 Å². The summed E-state index contributed by atoms with van der Waals surface area (Å²) in [6.07, 6.45) is 0. The van der Waals surface area contributed by atoms with Crippen LogP contribution in [0, 0.1) is 0 Å². The fourth-order valence-corrected chi connectivity index (χ4v) is 1.99. The Balaban J connectivity index is 1.91. The number of hydrogen-bond donors (Lipinski definition) is 0. The Morgan fingerprint density at radius 1 is 0.950 bits per heavy atom. The zero-order valence-electron chi connectivity index (χ0n) is 10.5. The number of benzene rings is 2. The third-order valence-corrected chi connectivity index (χ3v) is 3.14. The maximum atomic E-state index is 12.2. The van der Waals surface area contributed by atoms with E-state index >= 15 is 0 Å². The summed E-state index contributed by atoms with van der Waals surface area (Å²) in [5.74, 6) is 0. The van der Waals surface area contributed by atoms with E-state index in [4.69, 9.17) is 11.6 Å². The van der Waals surface area contributed by atoms with Gasteiger partial charge in [-0.15, -0.1) is 0 Å². The maximum Gasteiger partial charge on any atom is 0.368 e. The zero-order valence-corrected chi connectivity index (χ0v) is 11.2. The van der Waals surface area contributed by atoms with E-state index in [9.17, 15) is 4.79 Å². The topological polar surface area (TPSA) is 52.7 Å². The van der Waals surface area contributed by atoms with E-state index in [0.29, 0.717) is 17.3 Å². The van der Waals surface area contributed by atoms with Gasteiger partial charge in [-0.25, -0.2) is 4.79 Å². The number of hydrogen-bond acceptors (Lipinski definition) is 3. The summed E-state index contributed by atoms with van der Waals surface area (Å²) >= 11 is 5.83. The van der Waals surface area contributed by atoms with Gasteiger partial charge in [0.25, 0.3) is 0 Å². The van der Waals surface area contributed by atoms with Crippen LogP contribution in [0.3, 0.4) is 0 Å². The van der Waals surface area contributed by atoms with Crippen LogP contribution in [0.5, 0.6) is 0 Å². The molecule has 20 heavy (non-hydrogen) atoms. The van der Waals surface area contributed by atoms with Gasteiger partial charge in [0.15, 0.2) is 0 Å². The zero-order chi connectivity index (χ0) is 13.9. The molecule has 0 atom stereocenters. The second kappa shape index (κ2) is 5.30. The average Bonchev–Trinajstić information content (AvgIpc) is 2.84. The summed E-state index contributed by atoms with van der Waals surface area (Å²) in [5, 5.41) is 8.45. The summed E-state index contributed by atoms with van der Waals surface area (Å²) in [6.45, 7) is 0.364. The molecule has 0 unspecified atom stereocenters. The quantitative estimate of drug-likeness (QED) is 0.741. The van der Waals surface area contributed by atoms with E-state index in [-0.39, 0.29) is 5.69 Å². The predicted molar refractivity (Wildman–Crippen MR) is 76.2 cm³/mol. The molecular formula is C14H11ClN4O. The Bertz CT molecular complexity index is 762. The van der Waals surface area contributed by atoms with Gasteiger partial charge < -0.3 is 0 Å². The van der Waals surface area contributed by atoms with Gasteiger partial charge in [0.1, 0.15) is 0 Å². The lowest BCUT2D eigenvalue weighted by Gasteiger charge is -1.99. The maximum absolute atomic E-state index is 12.2. The first-order valence-corrected chi connectivity index (χ1v) is 6.44. The lowest BCUT2D eigenvalue weighted by atomic mass is 10.2. The summed E-state index contributed by atoms with van der Waals surface area (Å²) < 4.78 is 2.59. The Labute approximate surface area is 120 Å². The molecule has 3 aromatic rings. The normalized spacial score (nSPS) is 10.7. The van der Waals surface area contributed by atoms with Crippen LogP contribution in [-0.4, -0.2) is 19.8 Å². The molecular weight excluding hydrogens is 276 g/mol. The lowest BCUT2D eigenvalue weighted by Crippen LogP contribution is -2.24. The standard InChI is InChI=1S/C14H11ClN4O/c15-12-8-6-11(7-9-12)10-18-14(20)19(17-16-18)13-4-2-1-3-5-13/h1-9H,10H2. The van der Waals surface area contributed by atoms with Crippen molar-refractivity contribution in [2.24, 2.45) is 0 Å². The largest absolute Gasteiger partial charge is 0.368 e. The van der Waals surface area contributed by atoms with Crippen LogP contribution in [0.2, 0.25) is 5.02 Å².